The average Bonchev–Trinajstić information content (AvgIpc) is 2.53. The standard InChI is InChI=1S/C21H30O3/c1-6-24-21(23)18-10-8-7-9-17(18)20(22)16(5)19-14(3)11-13(2)12-15(19)4/h11-12,16-18H,6-10H2,1-5H3. The number of benzene rings is 1. The predicted octanol–water partition coefficient (Wildman–Crippen LogP) is 4.65. The van der Waals surface area contributed by atoms with Gasteiger partial charge in [0.2, 0.25) is 0 Å². The van der Waals surface area contributed by atoms with Crippen molar-refractivity contribution >= 4 is 11.8 Å². The number of hydrogen-bond donors (Lipinski definition) is 0. The van der Waals surface area contributed by atoms with E-state index in [1.165, 1.54) is 5.56 Å². The van der Waals surface area contributed by atoms with Gasteiger partial charge in [-0.3, -0.25) is 9.59 Å². The predicted molar refractivity (Wildman–Crippen MR) is 96.2 cm³/mol. The fourth-order valence-corrected chi connectivity index (χ4v) is 4.34. The molecule has 0 aliphatic heterocycles. The maximum absolute atomic E-state index is 13.2. The second-order valence-electron chi connectivity index (χ2n) is 7.19. The van der Waals surface area contributed by atoms with Gasteiger partial charge in [0, 0.05) is 11.8 Å². The molecule has 132 valence electrons. The van der Waals surface area contributed by atoms with Gasteiger partial charge in [-0.15, -0.1) is 0 Å². The van der Waals surface area contributed by atoms with Crippen molar-refractivity contribution in [2.45, 2.75) is 66.2 Å². The molecule has 0 bridgehead atoms. The molecule has 0 heterocycles. The first-order valence-electron chi connectivity index (χ1n) is 9.14. The fraction of sp³-hybridized carbons (Fsp3) is 0.619. The van der Waals surface area contributed by atoms with Crippen LogP contribution in [0.3, 0.4) is 0 Å². The van der Waals surface area contributed by atoms with E-state index >= 15 is 0 Å². The number of ether oxygens (including phenoxy) is 1. The van der Waals surface area contributed by atoms with Gasteiger partial charge in [0.25, 0.3) is 0 Å². The Morgan fingerprint density at radius 1 is 1.08 bits per heavy atom. The summed E-state index contributed by atoms with van der Waals surface area (Å²) in [6.07, 6.45) is 3.60. The molecule has 3 nitrogen and oxygen atoms in total. The van der Waals surface area contributed by atoms with Crippen molar-refractivity contribution in [3.8, 4) is 0 Å². The highest BCUT2D eigenvalue weighted by atomic mass is 16.5. The third-order valence-electron chi connectivity index (χ3n) is 5.32. The molecule has 1 saturated carbocycles. The van der Waals surface area contributed by atoms with Crippen LogP contribution >= 0.6 is 0 Å². The van der Waals surface area contributed by atoms with E-state index in [0.717, 1.165) is 42.4 Å². The zero-order valence-electron chi connectivity index (χ0n) is 15.6. The molecule has 1 fully saturated rings. The number of carbonyl (C=O) groups is 2. The lowest BCUT2D eigenvalue weighted by Gasteiger charge is -2.31. The van der Waals surface area contributed by atoms with Gasteiger partial charge in [-0.2, -0.15) is 0 Å². The van der Waals surface area contributed by atoms with Gasteiger partial charge >= 0.3 is 5.97 Å². The molecule has 1 aliphatic rings. The van der Waals surface area contributed by atoms with Crippen molar-refractivity contribution < 1.29 is 14.3 Å². The van der Waals surface area contributed by atoms with Gasteiger partial charge in [-0.1, -0.05) is 37.5 Å². The smallest absolute Gasteiger partial charge is 0.309 e. The van der Waals surface area contributed by atoms with Crippen molar-refractivity contribution in [1.82, 2.24) is 0 Å². The largest absolute Gasteiger partial charge is 0.466 e. The molecule has 0 amide bonds. The Kier molecular flexibility index (Phi) is 6.20. The highest BCUT2D eigenvalue weighted by Crippen LogP contribution is 2.37. The minimum Gasteiger partial charge on any atom is -0.466 e. The second kappa shape index (κ2) is 7.96. The van der Waals surface area contributed by atoms with Crippen LogP contribution in [0.5, 0.6) is 0 Å². The normalized spacial score (nSPS) is 22.0. The van der Waals surface area contributed by atoms with Crippen LogP contribution in [-0.4, -0.2) is 18.4 Å². The molecule has 0 aromatic heterocycles. The first-order valence-corrected chi connectivity index (χ1v) is 9.14. The second-order valence-corrected chi connectivity index (χ2v) is 7.19. The van der Waals surface area contributed by atoms with Crippen LogP contribution < -0.4 is 0 Å². The van der Waals surface area contributed by atoms with Crippen LogP contribution in [0.4, 0.5) is 0 Å². The van der Waals surface area contributed by atoms with E-state index < -0.39 is 0 Å². The van der Waals surface area contributed by atoms with E-state index in [9.17, 15) is 9.59 Å². The van der Waals surface area contributed by atoms with E-state index in [-0.39, 0.29) is 29.5 Å². The maximum atomic E-state index is 13.2. The summed E-state index contributed by atoms with van der Waals surface area (Å²) in [7, 11) is 0. The topological polar surface area (TPSA) is 43.4 Å². The Hall–Kier alpha value is -1.64. The van der Waals surface area contributed by atoms with Gasteiger partial charge in [0.15, 0.2) is 0 Å². The van der Waals surface area contributed by atoms with E-state index in [0.29, 0.717) is 6.61 Å². The van der Waals surface area contributed by atoms with Gasteiger partial charge < -0.3 is 4.74 Å². The summed E-state index contributed by atoms with van der Waals surface area (Å²) in [5.41, 5.74) is 4.67. The molecular weight excluding hydrogens is 300 g/mol. The molecule has 3 atom stereocenters. The third kappa shape index (κ3) is 3.88. The summed E-state index contributed by atoms with van der Waals surface area (Å²) in [5, 5.41) is 0. The highest BCUT2D eigenvalue weighted by Gasteiger charge is 2.39. The molecule has 1 aromatic carbocycles. The third-order valence-corrected chi connectivity index (χ3v) is 5.32. The van der Waals surface area contributed by atoms with Crippen LogP contribution in [0.25, 0.3) is 0 Å². The quantitative estimate of drug-likeness (QED) is 0.738. The summed E-state index contributed by atoms with van der Waals surface area (Å²) in [6.45, 7) is 10.4. The number of aryl methyl sites for hydroxylation is 3. The molecule has 0 N–H and O–H groups in total. The average molecular weight is 330 g/mol. The molecule has 0 radical (unpaired) electrons. The van der Waals surface area contributed by atoms with E-state index in [2.05, 4.69) is 32.9 Å². The van der Waals surface area contributed by atoms with Gasteiger partial charge in [-0.05, 0) is 57.2 Å². The Labute approximate surface area is 145 Å². The monoisotopic (exact) mass is 330 g/mol. The number of hydrogen-bond acceptors (Lipinski definition) is 3. The van der Waals surface area contributed by atoms with Crippen LogP contribution in [0.1, 0.15) is 67.7 Å². The van der Waals surface area contributed by atoms with E-state index in [1.54, 1.807) is 0 Å². The molecule has 1 aromatic rings. The van der Waals surface area contributed by atoms with Crippen LogP contribution in [0.15, 0.2) is 12.1 Å². The zero-order chi connectivity index (χ0) is 17.9. The zero-order valence-corrected chi connectivity index (χ0v) is 15.6. The molecule has 0 spiro atoms. The molecule has 3 heteroatoms. The number of ketones is 1. The van der Waals surface area contributed by atoms with Gasteiger partial charge in [0.1, 0.15) is 5.78 Å². The van der Waals surface area contributed by atoms with Crippen molar-refractivity contribution in [2.75, 3.05) is 6.61 Å². The summed E-state index contributed by atoms with van der Waals surface area (Å²) in [5.74, 6) is -0.638. The summed E-state index contributed by atoms with van der Waals surface area (Å²) in [6, 6.07) is 4.27. The minimum atomic E-state index is -0.264. The van der Waals surface area contributed by atoms with Crippen LogP contribution in [0, 0.1) is 32.6 Å². The minimum absolute atomic E-state index is 0.175. The maximum Gasteiger partial charge on any atom is 0.309 e. The Balaban J connectivity index is 2.27. The fourth-order valence-electron chi connectivity index (χ4n) is 4.34. The number of rotatable bonds is 5. The SMILES string of the molecule is CCOC(=O)C1CCCCC1C(=O)C(C)c1c(C)cc(C)cc1C. The summed E-state index contributed by atoms with van der Waals surface area (Å²) in [4.78, 5) is 25.5. The Bertz CT molecular complexity index is 595. The molecule has 2 rings (SSSR count). The van der Waals surface area contributed by atoms with Crippen LogP contribution in [0.2, 0.25) is 0 Å². The lowest BCUT2D eigenvalue weighted by atomic mass is 9.72. The first kappa shape index (κ1) is 18.7. The van der Waals surface area contributed by atoms with Crippen molar-refractivity contribution in [1.29, 1.82) is 0 Å². The van der Waals surface area contributed by atoms with E-state index in [4.69, 9.17) is 4.74 Å². The molecular formula is C21H30O3. The van der Waals surface area contributed by atoms with E-state index in [1.807, 2.05) is 13.8 Å². The lowest BCUT2D eigenvalue weighted by molar-refractivity contribution is -0.154. The Morgan fingerprint density at radius 3 is 2.17 bits per heavy atom. The highest BCUT2D eigenvalue weighted by molar-refractivity contribution is 5.92. The Morgan fingerprint density at radius 2 is 1.62 bits per heavy atom. The number of Topliss-reactive ketones (excluding diaryl/α,β-unsaturated/α-hetero) is 1. The molecule has 3 unspecified atom stereocenters. The number of carbonyl (C=O) groups excluding carboxylic acids is 2. The summed E-state index contributed by atoms with van der Waals surface area (Å²) >= 11 is 0. The lowest BCUT2D eigenvalue weighted by Crippen LogP contribution is -2.36. The molecule has 0 saturated heterocycles. The van der Waals surface area contributed by atoms with Crippen molar-refractivity contribution in [3.05, 3.63) is 34.4 Å². The summed E-state index contributed by atoms with van der Waals surface area (Å²) < 4.78 is 5.22. The van der Waals surface area contributed by atoms with Crippen LogP contribution in [-0.2, 0) is 14.3 Å². The van der Waals surface area contributed by atoms with Crippen molar-refractivity contribution in [3.63, 3.8) is 0 Å². The van der Waals surface area contributed by atoms with Gasteiger partial charge in [0.05, 0.1) is 12.5 Å². The first-order chi connectivity index (χ1) is 11.4. The van der Waals surface area contributed by atoms with Crippen molar-refractivity contribution in [2.24, 2.45) is 11.8 Å². The van der Waals surface area contributed by atoms with Gasteiger partial charge in [-0.25, -0.2) is 0 Å². The number of esters is 1. The molecule has 1 aliphatic carbocycles. The molecule has 24 heavy (non-hydrogen) atoms.